The number of rotatable bonds is 9. The van der Waals surface area contributed by atoms with Gasteiger partial charge in [-0.15, -0.1) is 0 Å². The first-order valence-electron chi connectivity index (χ1n) is 8.91. The number of nitrogens with one attached hydrogen (secondary N) is 1. The SMILES string of the molecule is CCS[C@@H](C)c1noc(CN(C)CC(=O)Nc2ccc(C(C)C)cc2)n1. The quantitative estimate of drug-likeness (QED) is 0.711. The minimum absolute atomic E-state index is 0.0700. The molecule has 6 nitrogen and oxygen atoms in total. The van der Waals surface area contributed by atoms with Gasteiger partial charge in [0.1, 0.15) is 0 Å². The van der Waals surface area contributed by atoms with Crippen molar-refractivity contribution in [2.24, 2.45) is 0 Å². The highest BCUT2D eigenvalue weighted by atomic mass is 32.2. The molecule has 0 fully saturated rings. The van der Waals surface area contributed by atoms with Crippen molar-refractivity contribution >= 4 is 23.4 Å². The number of likely N-dealkylation sites (N-methyl/N-ethyl adjacent to an activating group) is 1. The normalized spacial score (nSPS) is 12.6. The number of carbonyl (C=O) groups is 1. The second-order valence-electron chi connectivity index (χ2n) is 6.64. The molecule has 0 aliphatic heterocycles. The van der Waals surface area contributed by atoms with E-state index in [1.165, 1.54) is 5.56 Å². The molecule has 0 saturated carbocycles. The van der Waals surface area contributed by atoms with Crippen LogP contribution >= 0.6 is 11.8 Å². The van der Waals surface area contributed by atoms with Gasteiger partial charge < -0.3 is 9.84 Å². The molecular formula is C19H28N4O2S. The van der Waals surface area contributed by atoms with Crippen LogP contribution in [0.2, 0.25) is 0 Å². The molecule has 1 amide bonds. The maximum Gasteiger partial charge on any atom is 0.240 e. The molecule has 0 radical (unpaired) electrons. The Hall–Kier alpha value is -1.86. The van der Waals surface area contributed by atoms with Gasteiger partial charge in [-0.25, -0.2) is 0 Å². The van der Waals surface area contributed by atoms with Gasteiger partial charge in [0.2, 0.25) is 11.8 Å². The van der Waals surface area contributed by atoms with Crippen LogP contribution in [0.3, 0.4) is 0 Å². The molecule has 1 aromatic carbocycles. The Kier molecular flexibility index (Phi) is 7.66. The van der Waals surface area contributed by atoms with Crippen LogP contribution in [0.5, 0.6) is 0 Å². The number of hydrogen-bond acceptors (Lipinski definition) is 6. The summed E-state index contributed by atoms with van der Waals surface area (Å²) in [6.07, 6.45) is 0. The van der Waals surface area contributed by atoms with E-state index < -0.39 is 0 Å². The second kappa shape index (κ2) is 9.73. The lowest BCUT2D eigenvalue weighted by Crippen LogP contribution is -2.29. The summed E-state index contributed by atoms with van der Waals surface area (Å²) in [5.41, 5.74) is 2.06. The Labute approximate surface area is 159 Å². The van der Waals surface area contributed by atoms with Crippen molar-refractivity contribution in [2.45, 2.75) is 45.4 Å². The molecule has 1 aromatic heterocycles. The molecular weight excluding hydrogens is 348 g/mol. The smallest absolute Gasteiger partial charge is 0.240 e. The Morgan fingerprint density at radius 2 is 1.96 bits per heavy atom. The lowest BCUT2D eigenvalue weighted by Gasteiger charge is -2.14. The predicted molar refractivity (Wildman–Crippen MR) is 106 cm³/mol. The first kappa shape index (κ1) is 20.5. The zero-order chi connectivity index (χ0) is 19.1. The lowest BCUT2D eigenvalue weighted by atomic mass is 10.0. The van der Waals surface area contributed by atoms with Crippen LogP contribution in [-0.2, 0) is 11.3 Å². The topological polar surface area (TPSA) is 71.3 Å². The fourth-order valence-electron chi connectivity index (χ4n) is 2.51. The standard InChI is InChI=1S/C19H28N4O2S/c1-6-26-14(4)19-21-18(25-22-19)12-23(5)11-17(24)20-16-9-7-15(8-10-16)13(2)3/h7-10,13-14H,6,11-12H2,1-5H3,(H,20,24)/t14-/m0/s1. The molecule has 26 heavy (non-hydrogen) atoms. The van der Waals surface area contributed by atoms with Crippen LogP contribution in [0, 0.1) is 0 Å². The number of anilines is 1. The van der Waals surface area contributed by atoms with Crippen LogP contribution in [0.15, 0.2) is 28.8 Å². The summed E-state index contributed by atoms with van der Waals surface area (Å²) < 4.78 is 5.29. The number of carbonyl (C=O) groups excluding carboxylic acids is 1. The van der Waals surface area contributed by atoms with Crippen molar-refractivity contribution in [3.05, 3.63) is 41.5 Å². The Balaban J connectivity index is 1.83. The van der Waals surface area contributed by atoms with E-state index in [0.717, 1.165) is 11.4 Å². The predicted octanol–water partition coefficient (Wildman–Crippen LogP) is 4.08. The first-order chi connectivity index (χ1) is 12.4. The molecule has 1 N–H and O–H groups in total. The van der Waals surface area contributed by atoms with E-state index in [1.54, 1.807) is 11.8 Å². The van der Waals surface area contributed by atoms with E-state index >= 15 is 0 Å². The van der Waals surface area contributed by atoms with Gasteiger partial charge in [0, 0.05) is 5.69 Å². The summed E-state index contributed by atoms with van der Waals surface area (Å²) in [7, 11) is 1.86. The molecule has 142 valence electrons. The largest absolute Gasteiger partial charge is 0.338 e. The van der Waals surface area contributed by atoms with Crippen LogP contribution in [0.25, 0.3) is 0 Å². The van der Waals surface area contributed by atoms with Gasteiger partial charge in [0.15, 0.2) is 5.82 Å². The van der Waals surface area contributed by atoms with Gasteiger partial charge in [-0.2, -0.15) is 16.7 Å². The summed E-state index contributed by atoms with van der Waals surface area (Å²) in [6.45, 7) is 9.15. The molecule has 7 heteroatoms. The highest BCUT2D eigenvalue weighted by Crippen LogP contribution is 2.25. The first-order valence-corrected chi connectivity index (χ1v) is 9.96. The molecule has 1 atom stereocenters. The molecule has 1 heterocycles. The zero-order valence-corrected chi connectivity index (χ0v) is 17.0. The lowest BCUT2D eigenvalue weighted by molar-refractivity contribution is -0.117. The summed E-state index contributed by atoms with van der Waals surface area (Å²) in [4.78, 5) is 18.5. The van der Waals surface area contributed by atoms with E-state index in [4.69, 9.17) is 4.52 Å². The minimum Gasteiger partial charge on any atom is -0.338 e. The average Bonchev–Trinajstić information content (AvgIpc) is 3.03. The van der Waals surface area contributed by atoms with Gasteiger partial charge >= 0.3 is 0 Å². The summed E-state index contributed by atoms with van der Waals surface area (Å²) in [5, 5.41) is 7.15. The summed E-state index contributed by atoms with van der Waals surface area (Å²) in [6, 6.07) is 7.95. The zero-order valence-electron chi connectivity index (χ0n) is 16.2. The second-order valence-corrected chi connectivity index (χ2v) is 8.26. The molecule has 2 aromatic rings. The van der Waals surface area contributed by atoms with E-state index in [9.17, 15) is 4.79 Å². The molecule has 2 rings (SSSR count). The van der Waals surface area contributed by atoms with Gasteiger partial charge in [-0.1, -0.05) is 38.1 Å². The van der Waals surface area contributed by atoms with Crippen LogP contribution in [0.1, 0.15) is 56.1 Å². The average molecular weight is 377 g/mol. The van der Waals surface area contributed by atoms with E-state index in [2.05, 4.69) is 43.2 Å². The Bertz CT molecular complexity index is 700. The summed E-state index contributed by atoms with van der Waals surface area (Å²) in [5.74, 6) is 2.64. The van der Waals surface area contributed by atoms with Crippen LogP contribution in [0.4, 0.5) is 5.69 Å². The number of thioether (sulfide) groups is 1. The third kappa shape index (κ3) is 6.14. The Morgan fingerprint density at radius 1 is 1.27 bits per heavy atom. The van der Waals surface area contributed by atoms with Crippen molar-refractivity contribution < 1.29 is 9.32 Å². The van der Waals surface area contributed by atoms with Crippen molar-refractivity contribution in [3.63, 3.8) is 0 Å². The van der Waals surface area contributed by atoms with Crippen molar-refractivity contribution in [2.75, 3.05) is 24.7 Å². The van der Waals surface area contributed by atoms with Gasteiger partial charge in [0.05, 0.1) is 18.3 Å². The number of hydrogen-bond donors (Lipinski definition) is 1. The van der Waals surface area contributed by atoms with Crippen molar-refractivity contribution in [1.29, 1.82) is 0 Å². The molecule has 0 spiro atoms. The number of amides is 1. The fourth-order valence-corrected chi connectivity index (χ4v) is 3.25. The highest BCUT2D eigenvalue weighted by Gasteiger charge is 2.16. The third-order valence-electron chi connectivity index (χ3n) is 3.94. The number of benzene rings is 1. The molecule has 0 bridgehead atoms. The number of aromatic nitrogens is 2. The highest BCUT2D eigenvalue weighted by molar-refractivity contribution is 7.99. The molecule has 0 saturated heterocycles. The van der Waals surface area contributed by atoms with Crippen LogP contribution < -0.4 is 5.32 Å². The maximum atomic E-state index is 12.2. The summed E-state index contributed by atoms with van der Waals surface area (Å²) >= 11 is 1.77. The molecule has 0 unspecified atom stereocenters. The minimum atomic E-state index is -0.0700. The van der Waals surface area contributed by atoms with Crippen molar-refractivity contribution in [1.82, 2.24) is 15.0 Å². The van der Waals surface area contributed by atoms with E-state index in [0.29, 0.717) is 24.2 Å². The Morgan fingerprint density at radius 3 is 2.58 bits per heavy atom. The number of nitrogens with zero attached hydrogens (tertiary/aromatic N) is 3. The fraction of sp³-hybridized carbons (Fsp3) is 0.526. The van der Waals surface area contributed by atoms with Gasteiger partial charge in [-0.05, 0) is 43.3 Å². The van der Waals surface area contributed by atoms with Crippen LogP contribution in [-0.4, -0.2) is 40.3 Å². The van der Waals surface area contributed by atoms with Gasteiger partial charge in [-0.3, -0.25) is 9.69 Å². The van der Waals surface area contributed by atoms with Crippen molar-refractivity contribution in [3.8, 4) is 0 Å². The third-order valence-corrected chi connectivity index (χ3v) is 4.99. The maximum absolute atomic E-state index is 12.2. The molecule has 0 aliphatic rings. The van der Waals surface area contributed by atoms with Gasteiger partial charge in [0.25, 0.3) is 0 Å². The van der Waals surface area contributed by atoms with E-state index in [1.807, 2.05) is 36.2 Å². The monoisotopic (exact) mass is 376 g/mol. The molecule has 0 aliphatic carbocycles. The van der Waals surface area contributed by atoms with E-state index in [-0.39, 0.29) is 17.7 Å².